The molecule has 4 heteroatoms. The van der Waals surface area contributed by atoms with Crippen LogP contribution in [-0.4, -0.2) is 38.0 Å². The van der Waals surface area contributed by atoms with E-state index in [2.05, 4.69) is 51.8 Å². The van der Waals surface area contributed by atoms with Gasteiger partial charge in [0, 0.05) is 33.2 Å². The SMILES string of the molecule is CN=C(NC)NCc1ccccc1CN(C)C1CCCCC1. The summed E-state index contributed by atoms with van der Waals surface area (Å²) in [7, 11) is 5.95. The molecule has 1 aromatic carbocycles. The van der Waals surface area contributed by atoms with Gasteiger partial charge in [-0.3, -0.25) is 9.89 Å². The summed E-state index contributed by atoms with van der Waals surface area (Å²) in [6.07, 6.45) is 6.88. The Labute approximate surface area is 135 Å². The van der Waals surface area contributed by atoms with Gasteiger partial charge in [-0.05, 0) is 31.0 Å². The second-order valence-electron chi connectivity index (χ2n) is 6.15. The highest BCUT2D eigenvalue weighted by atomic mass is 15.2. The molecule has 0 unspecified atom stereocenters. The highest BCUT2D eigenvalue weighted by Gasteiger charge is 2.18. The van der Waals surface area contributed by atoms with Gasteiger partial charge in [-0.15, -0.1) is 0 Å². The van der Waals surface area contributed by atoms with Crippen molar-refractivity contribution in [3.63, 3.8) is 0 Å². The van der Waals surface area contributed by atoms with Gasteiger partial charge in [0.05, 0.1) is 0 Å². The second-order valence-corrected chi connectivity index (χ2v) is 6.15. The summed E-state index contributed by atoms with van der Waals surface area (Å²) in [4.78, 5) is 6.70. The molecule has 1 aromatic rings. The third-order valence-corrected chi connectivity index (χ3v) is 4.64. The molecular weight excluding hydrogens is 272 g/mol. The lowest BCUT2D eigenvalue weighted by Gasteiger charge is -2.31. The second kappa shape index (κ2) is 8.79. The van der Waals surface area contributed by atoms with Crippen LogP contribution in [0.3, 0.4) is 0 Å². The molecule has 22 heavy (non-hydrogen) atoms. The van der Waals surface area contributed by atoms with Crippen molar-refractivity contribution in [2.75, 3.05) is 21.1 Å². The predicted molar refractivity (Wildman–Crippen MR) is 94.0 cm³/mol. The zero-order chi connectivity index (χ0) is 15.8. The Morgan fingerprint density at radius 3 is 2.50 bits per heavy atom. The van der Waals surface area contributed by atoms with E-state index < -0.39 is 0 Å². The van der Waals surface area contributed by atoms with Crippen LogP contribution >= 0.6 is 0 Å². The first-order valence-electron chi connectivity index (χ1n) is 8.40. The molecule has 0 heterocycles. The predicted octanol–water partition coefficient (Wildman–Crippen LogP) is 2.75. The fourth-order valence-corrected chi connectivity index (χ4v) is 3.26. The molecular formula is C18H30N4. The molecule has 0 bridgehead atoms. The Bertz CT molecular complexity index is 478. The van der Waals surface area contributed by atoms with Crippen LogP contribution in [0.1, 0.15) is 43.2 Å². The Hall–Kier alpha value is -1.55. The van der Waals surface area contributed by atoms with Gasteiger partial charge in [-0.1, -0.05) is 43.5 Å². The van der Waals surface area contributed by atoms with E-state index in [1.54, 1.807) is 7.05 Å². The van der Waals surface area contributed by atoms with E-state index in [0.29, 0.717) is 0 Å². The molecule has 0 aliphatic heterocycles. The number of nitrogens with one attached hydrogen (secondary N) is 2. The van der Waals surface area contributed by atoms with Gasteiger partial charge in [0.15, 0.2) is 5.96 Å². The van der Waals surface area contributed by atoms with E-state index in [0.717, 1.165) is 25.1 Å². The summed E-state index contributed by atoms with van der Waals surface area (Å²) in [5.74, 6) is 0.829. The zero-order valence-electron chi connectivity index (χ0n) is 14.2. The first-order chi connectivity index (χ1) is 10.7. The minimum absolute atomic E-state index is 0.750. The number of benzene rings is 1. The molecule has 122 valence electrons. The summed E-state index contributed by atoms with van der Waals surface area (Å²) >= 11 is 0. The van der Waals surface area contributed by atoms with Crippen molar-refractivity contribution >= 4 is 5.96 Å². The van der Waals surface area contributed by atoms with E-state index in [1.807, 2.05) is 7.05 Å². The van der Waals surface area contributed by atoms with Crippen molar-refractivity contribution in [3.05, 3.63) is 35.4 Å². The lowest BCUT2D eigenvalue weighted by molar-refractivity contribution is 0.184. The lowest BCUT2D eigenvalue weighted by Crippen LogP contribution is -2.35. The summed E-state index contributed by atoms with van der Waals surface area (Å²) in [5.41, 5.74) is 2.76. The minimum Gasteiger partial charge on any atom is -0.359 e. The van der Waals surface area contributed by atoms with Crippen molar-refractivity contribution in [3.8, 4) is 0 Å². The largest absolute Gasteiger partial charge is 0.359 e. The quantitative estimate of drug-likeness (QED) is 0.649. The zero-order valence-corrected chi connectivity index (χ0v) is 14.2. The average Bonchev–Trinajstić information content (AvgIpc) is 2.58. The molecule has 2 rings (SSSR count). The molecule has 1 aliphatic carbocycles. The maximum absolute atomic E-state index is 4.17. The fourth-order valence-electron chi connectivity index (χ4n) is 3.26. The molecule has 0 aromatic heterocycles. The van der Waals surface area contributed by atoms with E-state index in [1.165, 1.54) is 43.2 Å². The maximum Gasteiger partial charge on any atom is 0.190 e. The van der Waals surface area contributed by atoms with E-state index in [9.17, 15) is 0 Å². The van der Waals surface area contributed by atoms with Crippen LogP contribution in [0, 0.1) is 0 Å². The molecule has 0 radical (unpaired) electrons. The van der Waals surface area contributed by atoms with Crippen LogP contribution in [0.25, 0.3) is 0 Å². The van der Waals surface area contributed by atoms with Crippen LogP contribution in [0.15, 0.2) is 29.3 Å². The molecule has 0 saturated heterocycles. The monoisotopic (exact) mass is 302 g/mol. The molecule has 1 fully saturated rings. The molecule has 0 atom stereocenters. The Morgan fingerprint density at radius 2 is 1.86 bits per heavy atom. The Kier molecular flexibility index (Phi) is 6.72. The summed E-state index contributed by atoms with van der Waals surface area (Å²) in [6.45, 7) is 1.84. The standard InChI is InChI=1S/C18H30N4/c1-19-18(20-2)21-13-15-9-7-8-10-16(15)14-22(3)17-11-5-4-6-12-17/h7-10,17H,4-6,11-14H2,1-3H3,(H2,19,20,21). The van der Waals surface area contributed by atoms with Crippen LogP contribution in [0.2, 0.25) is 0 Å². The molecule has 1 aliphatic rings. The average molecular weight is 302 g/mol. The number of aliphatic imine (C=N–C) groups is 1. The normalized spacial score (nSPS) is 16.8. The van der Waals surface area contributed by atoms with Crippen LogP contribution in [0.5, 0.6) is 0 Å². The molecule has 1 saturated carbocycles. The summed E-state index contributed by atoms with van der Waals surface area (Å²) < 4.78 is 0. The Balaban J connectivity index is 1.98. The van der Waals surface area contributed by atoms with Crippen LogP contribution < -0.4 is 10.6 Å². The molecule has 4 nitrogen and oxygen atoms in total. The fraction of sp³-hybridized carbons (Fsp3) is 0.611. The highest BCUT2D eigenvalue weighted by Crippen LogP contribution is 2.23. The number of nitrogens with zero attached hydrogens (tertiary/aromatic N) is 2. The molecule has 2 N–H and O–H groups in total. The number of hydrogen-bond donors (Lipinski definition) is 2. The third kappa shape index (κ3) is 4.73. The first kappa shape index (κ1) is 16.8. The molecule has 0 amide bonds. The van der Waals surface area contributed by atoms with Gasteiger partial charge in [-0.25, -0.2) is 0 Å². The lowest BCUT2D eigenvalue weighted by atomic mass is 9.94. The van der Waals surface area contributed by atoms with Crippen molar-refractivity contribution in [2.45, 2.75) is 51.2 Å². The van der Waals surface area contributed by atoms with Gasteiger partial charge in [0.2, 0.25) is 0 Å². The minimum atomic E-state index is 0.750. The van der Waals surface area contributed by atoms with Gasteiger partial charge < -0.3 is 10.6 Å². The van der Waals surface area contributed by atoms with Crippen molar-refractivity contribution in [1.29, 1.82) is 0 Å². The van der Waals surface area contributed by atoms with E-state index >= 15 is 0 Å². The van der Waals surface area contributed by atoms with Gasteiger partial charge in [-0.2, -0.15) is 0 Å². The van der Waals surface area contributed by atoms with Gasteiger partial charge >= 0.3 is 0 Å². The van der Waals surface area contributed by atoms with E-state index in [-0.39, 0.29) is 0 Å². The number of hydrogen-bond acceptors (Lipinski definition) is 2. The summed E-state index contributed by atoms with van der Waals surface area (Å²) in [6, 6.07) is 9.46. The van der Waals surface area contributed by atoms with Crippen molar-refractivity contribution < 1.29 is 0 Å². The van der Waals surface area contributed by atoms with E-state index in [4.69, 9.17) is 0 Å². The maximum atomic E-state index is 4.17. The Morgan fingerprint density at radius 1 is 1.18 bits per heavy atom. The van der Waals surface area contributed by atoms with Gasteiger partial charge in [0.1, 0.15) is 0 Å². The highest BCUT2D eigenvalue weighted by molar-refractivity contribution is 5.79. The van der Waals surface area contributed by atoms with Crippen LogP contribution in [-0.2, 0) is 13.1 Å². The first-order valence-corrected chi connectivity index (χ1v) is 8.40. The van der Waals surface area contributed by atoms with Crippen molar-refractivity contribution in [1.82, 2.24) is 15.5 Å². The molecule has 0 spiro atoms. The van der Waals surface area contributed by atoms with Crippen LogP contribution in [0.4, 0.5) is 0 Å². The topological polar surface area (TPSA) is 39.7 Å². The number of rotatable bonds is 5. The van der Waals surface area contributed by atoms with Gasteiger partial charge in [0.25, 0.3) is 0 Å². The third-order valence-electron chi connectivity index (χ3n) is 4.64. The summed E-state index contributed by atoms with van der Waals surface area (Å²) in [5, 5.41) is 6.41. The smallest absolute Gasteiger partial charge is 0.190 e. The number of guanidine groups is 1. The van der Waals surface area contributed by atoms with Crippen molar-refractivity contribution in [2.24, 2.45) is 4.99 Å².